The molecule has 2 aromatic heterocycles. The molecule has 12 heteroatoms. The van der Waals surface area contributed by atoms with Crippen LogP contribution in [0.25, 0.3) is 16.7 Å². The second-order valence-electron chi connectivity index (χ2n) is 7.04. The quantitative estimate of drug-likeness (QED) is 0.559. The van der Waals surface area contributed by atoms with Crippen LogP contribution in [0.15, 0.2) is 33.6 Å². The van der Waals surface area contributed by atoms with Gasteiger partial charge >= 0.3 is 12.3 Å². The van der Waals surface area contributed by atoms with Crippen LogP contribution in [0, 0.1) is 0 Å². The zero-order chi connectivity index (χ0) is 22.2. The van der Waals surface area contributed by atoms with Gasteiger partial charge in [-0.15, -0.1) is 23.4 Å². The fourth-order valence-corrected chi connectivity index (χ4v) is 3.27. The highest BCUT2D eigenvalue weighted by Crippen LogP contribution is 2.41. The van der Waals surface area contributed by atoms with Gasteiger partial charge in [0.15, 0.2) is 5.58 Å². The van der Waals surface area contributed by atoms with Crippen molar-refractivity contribution in [3.63, 3.8) is 0 Å². The van der Waals surface area contributed by atoms with Crippen molar-refractivity contribution in [2.24, 2.45) is 0 Å². The van der Waals surface area contributed by atoms with Crippen molar-refractivity contribution in [1.29, 1.82) is 0 Å². The van der Waals surface area contributed by atoms with Gasteiger partial charge in [0.25, 0.3) is 5.89 Å². The Morgan fingerprint density at radius 2 is 2.03 bits per heavy atom. The van der Waals surface area contributed by atoms with E-state index in [4.69, 9.17) is 20.4 Å². The van der Waals surface area contributed by atoms with E-state index in [1.807, 2.05) is 0 Å². The lowest BCUT2D eigenvalue weighted by atomic mass is 9.82. The highest BCUT2D eigenvalue weighted by atomic mass is 35.5. The lowest BCUT2D eigenvalue weighted by molar-refractivity contribution is -0.352. The molecule has 1 aliphatic rings. The highest BCUT2D eigenvalue weighted by molar-refractivity contribution is 6.31. The maximum absolute atomic E-state index is 12.2. The number of aromatic nitrogens is 3. The van der Waals surface area contributed by atoms with Gasteiger partial charge in [-0.2, -0.15) is 0 Å². The third-order valence-corrected chi connectivity index (χ3v) is 4.98. The molecule has 0 atom stereocenters. The Hall–Kier alpha value is -2.92. The van der Waals surface area contributed by atoms with E-state index in [0.717, 1.165) is 0 Å². The van der Waals surface area contributed by atoms with Gasteiger partial charge in [0, 0.05) is 23.1 Å². The standard InChI is InChI=1S/C19H16ClF3N4O4/c1-9(16-26-27-17(30-16)10-6-12(7-10)31-19(21,22)23)4-5-24-15(28)18-25-13-8-11(20)2-3-14(13)29-18/h2-3,8,10,12H,1,4-7H2,(H,24,28). The average molecular weight is 457 g/mol. The molecule has 1 fully saturated rings. The van der Waals surface area contributed by atoms with Crippen LogP contribution >= 0.6 is 11.6 Å². The molecule has 0 unspecified atom stereocenters. The number of carbonyl (C=O) groups is 1. The molecule has 0 spiro atoms. The Bertz CT molecular complexity index is 1120. The number of ether oxygens (including phenoxy) is 1. The molecule has 8 nitrogen and oxygen atoms in total. The van der Waals surface area contributed by atoms with E-state index in [2.05, 4.69) is 31.8 Å². The number of amides is 1. The summed E-state index contributed by atoms with van der Waals surface area (Å²) in [6.07, 6.45) is -4.94. The molecule has 0 bridgehead atoms. The first-order valence-corrected chi connectivity index (χ1v) is 9.66. The summed E-state index contributed by atoms with van der Waals surface area (Å²) in [5.41, 5.74) is 1.39. The summed E-state index contributed by atoms with van der Waals surface area (Å²) in [7, 11) is 0. The zero-order valence-electron chi connectivity index (χ0n) is 15.9. The number of nitrogens with one attached hydrogen (secondary N) is 1. The lowest BCUT2D eigenvalue weighted by Crippen LogP contribution is -2.34. The van der Waals surface area contributed by atoms with E-state index in [0.29, 0.717) is 28.1 Å². The Labute approximate surface area is 178 Å². The summed E-state index contributed by atoms with van der Waals surface area (Å²) >= 11 is 5.89. The van der Waals surface area contributed by atoms with E-state index in [9.17, 15) is 18.0 Å². The number of nitrogens with zero attached hydrogens (tertiary/aromatic N) is 3. The third kappa shape index (κ3) is 5.05. The van der Waals surface area contributed by atoms with Crippen molar-refractivity contribution in [3.05, 3.63) is 47.5 Å². The SMILES string of the molecule is C=C(CCNC(=O)c1nc2cc(Cl)ccc2o1)c1nnc(C2CC(OC(F)(F)F)C2)o1. The number of benzene rings is 1. The maximum atomic E-state index is 12.2. The number of fused-ring (bicyclic) bond motifs is 1. The minimum atomic E-state index is -4.65. The maximum Gasteiger partial charge on any atom is 0.522 e. The molecule has 1 aromatic carbocycles. The molecule has 1 N–H and O–H groups in total. The van der Waals surface area contributed by atoms with Gasteiger partial charge in [-0.05, 0) is 37.5 Å². The lowest BCUT2D eigenvalue weighted by Gasteiger charge is -2.32. The van der Waals surface area contributed by atoms with Gasteiger partial charge in [0.2, 0.25) is 11.8 Å². The average Bonchev–Trinajstić information content (AvgIpc) is 3.30. The van der Waals surface area contributed by atoms with Crippen LogP contribution in [-0.4, -0.2) is 40.1 Å². The molecular weight excluding hydrogens is 441 g/mol. The van der Waals surface area contributed by atoms with Gasteiger partial charge in [0.1, 0.15) is 5.52 Å². The monoisotopic (exact) mass is 456 g/mol. The van der Waals surface area contributed by atoms with Crippen LogP contribution in [0.4, 0.5) is 13.2 Å². The number of carbonyl (C=O) groups excluding carboxylic acids is 1. The van der Waals surface area contributed by atoms with Crippen molar-refractivity contribution in [1.82, 2.24) is 20.5 Å². The van der Waals surface area contributed by atoms with Crippen molar-refractivity contribution in [2.45, 2.75) is 37.6 Å². The third-order valence-electron chi connectivity index (χ3n) is 4.74. The van der Waals surface area contributed by atoms with Crippen molar-refractivity contribution in [3.8, 4) is 0 Å². The highest BCUT2D eigenvalue weighted by Gasteiger charge is 2.42. The minimum absolute atomic E-state index is 0.0939. The largest absolute Gasteiger partial charge is 0.522 e. The second-order valence-corrected chi connectivity index (χ2v) is 7.48. The van der Waals surface area contributed by atoms with Gasteiger partial charge in [0.05, 0.1) is 6.10 Å². The summed E-state index contributed by atoms with van der Waals surface area (Å²) in [6.45, 7) is 4.05. The van der Waals surface area contributed by atoms with E-state index in [1.165, 1.54) is 0 Å². The molecule has 0 aliphatic heterocycles. The molecule has 1 amide bonds. The van der Waals surface area contributed by atoms with Crippen molar-refractivity contribution in [2.75, 3.05) is 6.54 Å². The van der Waals surface area contributed by atoms with Crippen molar-refractivity contribution < 1.29 is 31.5 Å². The second kappa shape index (κ2) is 8.31. The summed E-state index contributed by atoms with van der Waals surface area (Å²) in [5.74, 6) is -0.470. The Balaban J connectivity index is 1.25. The Morgan fingerprint density at radius 3 is 2.77 bits per heavy atom. The molecule has 0 saturated heterocycles. The van der Waals surface area contributed by atoms with Gasteiger partial charge in [-0.3, -0.25) is 9.53 Å². The van der Waals surface area contributed by atoms with E-state index in [1.54, 1.807) is 18.2 Å². The number of halogens is 4. The molecule has 3 aromatic rings. The number of hydrogen-bond donors (Lipinski definition) is 1. The predicted molar refractivity (Wildman–Crippen MR) is 102 cm³/mol. The fourth-order valence-electron chi connectivity index (χ4n) is 3.10. The minimum Gasteiger partial charge on any atom is -0.432 e. The number of alkyl halides is 3. The Kier molecular flexibility index (Phi) is 5.71. The molecule has 164 valence electrons. The van der Waals surface area contributed by atoms with Crippen molar-refractivity contribution >= 4 is 34.2 Å². The molecule has 1 aliphatic carbocycles. The summed E-state index contributed by atoms with van der Waals surface area (Å²) in [4.78, 5) is 16.3. The fraction of sp³-hybridized carbons (Fsp3) is 0.368. The topological polar surface area (TPSA) is 103 Å². The van der Waals surface area contributed by atoms with Gasteiger partial charge in [-0.25, -0.2) is 4.98 Å². The first-order chi connectivity index (χ1) is 14.7. The molecule has 2 heterocycles. The van der Waals surface area contributed by atoms with Crippen LogP contribution in [0.1, 0.15) is 47.6 Å². The predicted octanol–water partition coefficient (Wildman–Crippen LogP) is 4.48. The van der Waals surface area contributed by atoms with Crippen LogP contribution in [0.3, 0.4) is 0 Å². The molecule has 31 heavy (non-hydrogen) atoms. The van der Waals surface area contributed by atoms with Crippen LogP contribution in [0.5, 0.6) is 0 Å². The number of rotatable bonds is 7. The molecular formula is C19H16ClF3N4O4. The molecule has 0 radical (unpaired) electrons. The van der Waals surface area contributed by atoms with Crippen LogP contribution < -0.4 is 5.32 Å². The summed E-state index contributed by atoms with van der Waals surface area (Å²) in [6, 6.07) is 4.84. The Morgan fingerprint density at radius 1 is 1.26 bits per heavy atom. The summed E-state index contributed by atoms with van der Waals surface area (Å²) in [5, 5.41) is 10.9. The first-order valence-electron chi connectivity index (χ1n) is 9.28. The van der Waals surface area contributed by atoms with Crippen LogP contribution in [0.2, 0.25) is 5.02 Å². The number of hydrogen-bond acceptors (Lipinski definition) is 7. The number of oxazole rings is 1. The summed E-state index contributed by atoms with van der Waals surface area (Å²) < 4.78 is 51.4. The molecule has 4 rings (SSSR count). The normalized spacial score (nSPS) is 18.7. The van der Waals surface area contributed by atoms with Gasteiger partial charge < -0.3 is 14.2 Å². The smallest absolute Gasteiger partial charge is 0.432 e. The van der Waals surface area contributed by atoms with Gasteiger partial charge in [-0.1, -0.05) is 18.2 Å². The van der Waals surface area contributed by atoms with E-state index < -0.39 is 18.4 Å². The van der Waals surface area contributed by atoms with Crippen LogP contribution in [-0.2, 0) is 4.74 Å². The first kappa shape index (κ1) is 21.3. The van der Waals surface area contributed by atoms with E-state index >= 15 is 0 Å². The zero-order valence-corrected chi connectivity index (χ0v) is 16.7. The van der Waals surface area contributed by atoms with E-state index in [-0.39, 0.29) is 43.0 Å². The molecule has 1 saturated carbocycles.